The predicted octanol–water partition coefficient (Wildman–Crippen LogP) is 3.09. The Hall–Kier alpha value is -2.44. The molecule has 0 saturated carbocycles. The van der Waals surface area contributed by atoms with Gasteiger partial charge in [-0.25, -0.2) is 4.98 Å². The fraction of sp³-hybridized carbons (Fsp3) is 0.333. The summed E-state index contributed by atoms with van der Waals surface area (Å²) in [5.41, 5.74) is 3.32. The number of nitrogens with zero attached hydrogens (tertiary/aromatic N) is 3. The van der Waals surface area contributed by atoms with E-state index in [2.05, 4.69) is 35.3 Å². The molecule has 5 nitrogen and oxygen atoms in total. The van der Waals surface area contributed by atoms with E-state index in [1.807, 2.05) is 30.3 Å². The van der Waals surface area contributed by atoms with Crippen LogP contribution in [0.4, 0.5) is 10.8 Å². The molecule has 0 aliphatic carbocycles. The van der Waals surface area contributed by atoms with Crippen LogP contribution in [0.15, 0.2) is 54.0 Å². The van der Waals surface area contributed by atoms with Gasteiger partial charge in [-0.2, -0.15) is 0 Å². The summed E-state index contributed by atoms with van der Waals surface area (Å²) in [5, 5.41) is 2.85. The number of rotatable bonds is 5. The average molecular weight is 382 g/mol. The van der Waals surface area contributed by atoms with E-state index in [0.717, 1.165) is 29.6 Å². The molecule has 3 heterocycles. The smallest absolute Gasteiger partial charge is 0.230 e. The Morgan fingerprint density at radius 1 is 1.30 bits per heavy atom. The molecule has 1 N–H and O–H groups in total. The van der Waals surface area contributed by atoms with Gasteiger partial charge in [-0.05, 0) is 24.3 Å². The minimum atomic E-state index is -0.0164. The van der Waals surface area contributed by atoms with E-state index in [1.54, 1.807) is 28.1 Å². The molecule has 1 unspecified atom stereocenters. The highest BCUT2D eigenvalue weighted by molar-refractivity contribution is 7.14. The van der Waals surface area contributed by atoms with E-state index in [4.69, 9.17) is 4.98 Å². The normalized spacial score (nSPS) is 19.3. The summed E-state index contributed by atoms with van der Waals surface area (Å²) in [6, 6.07) is 14.6. The Morgan fingerprint density at radius 2 is 2.11 bits per heavy atom. The van der Waals surface area contributed by atoms with Crippen LogP contribution in [0, 0.1) is 0 Å². The number of thiazole rings is 1. The molecule has 140 valence electrons. The molecule has 1 aliphatic rings. The maximum atomic E-state index is 12.2. The van der Waals surface area contributed by atoms with Crippen molar-refractivity contribution in [3.63, 3.8) is 0 Å². The Kier molecular flexibility index (Phi) is 5.09. The van der Waals surface area contributed by atoms with E-state index in [-0.39, 0.29) is 5.91 Å². The first-order valence-corrected chi connectivity index (χ1v) is 10.3. The largest absolute Gasteiger partial charge is 0.350 e. The second-order valence-electron chi connectivity index (χ2n) is 7.14. The zero-order valence-corrected chi connectivity index (χ0v) is 16.6. The van der Waals surface area contributed by atoms with Crippen molar-refractivity contribution in [2.75, 3.05) is 11.4 Å². The highest BCUT2D eigenvalue weighted by Gasteiger charge is 2.32. The van der Waals surface area contributed by atoms with E-state index in [0.29, 0.717) is 6.04 Å². The van der Waals surface area contributed by atoms with E-state index >= 15 is 0 Å². The lowest BCUT2D eigenvalue weighted by molar-refractivity contribution is -0.932. The fourth-order valence-electron chi connectivity index (χ4n) is 4.03. The summed E-state index contributed by atoms with van der Waals surface area (Å²) >= 11 is 1.54. The number of nitrogens with one attached hydrogen (secondary N) is 1. The molecular formula is C21H25N4OS+. The second kappa shape index (κ2) is 7.66. The van der Waals surface area contributed by atoms with Crippen molar-refractivity contribution < 1.29 is 9.69 Å². The number of para-hydroxylation sites is 1. The van der Waals surface area contributed by atoms with Crippen molar-refractivity contribution in [2.24, 2.45) is 7.05 Å². The van der Waals surface area contributed by atoms with Crippen LogP contribution >= 0.6 is 11.3 Å². The number of amides is 1. The van der Waals surface area contributed by atoms with Crippen molar-refractivity contribution in [2.45, 2.75) is 32.4 Å². The zero-order chi connectivity index (χ0) is 18.8. The van der Waals surface area contributed by atoms with Gasteiger partial charge in [0.15, 0.2) is 5.13 Å². The number of aromatic nitrogens is 2. The van der Waals surface area contributed by atoms with Crippen molar-refractivity contribution in [3.05, 3.63) is 65.4 Å². The van der Waals surface area contributed by atoms with E-state index in [1.165, 1.54) is 18.5 Å². The molecule has 0 spiro atoms. The quantitative estimate of drug-likeness (QED) is 0.738. The van der Waals surface area contributed by atoms with E-state index in [9.17, 15) is 4.79 Å². The number of hydrogen-bond acceptors (Lipinski definition) is 3. The van der Waals surface area contributed by atoms with Gasteiger partial charge < -0.3 is 9.47 Å². The molecule has 1 amide bonds. The van der Waals surface area contributed by atoms with Crippen LogP contribution in [0.5, 0.6) is 0 Å². The maximum absolute atomic E-state index is 12.2. The van der Waals surface area contributed by atoms with Crippen LogP contribution in [0.2, 0.25) is 0 Å². The molecule has 1 saturated heterocycles. The number of likely N-dealkylation sites (tertiary alicyclic amines) is 1. The Morgan fingerprint density at radius 3 is 2.81 bits per heavy atom. The fourth-order valence-corrected chi connectivity index (χ4v) is 4.92. The van der Waals surface area contributed by atoms with Crippen LogP contribution in [-0.4, -0.2) is 22.0 Å². The van der Waals surface area contributed by atoms with Gasteiger partial charge in [0, 0.05) is 38.4 Å². The van der Waals surface area contributed by atoms with Gasteiger partial charge in [0.2, 0.25) is 5.91 Å². The lowest BCUT2D eigenvalue weighted by Gasteiger charge is -2.21. The van der Waals surface area contributed by atoms with Crippen LogP contribution in [-0.2, 0) is 18.4 Å². The number of benzene rings is 1. The van der Waals surface area contributed by atoms with Crippen LogP contribution in [0.3, 0.4) is 0 Å². The predicted molar refractivity (Wildman–Crippen MR) is 108 cm³/mol. The molecule has 6 heteroatoms. The van der Waals surface area contributed by atoms with Crippen LogP contribution in [0.1, 0.15) is 37.2 Å². The highest BCUT2D eigenvalue weighted by atomic mass is 32.1. The zero-order valence-electron chi connectivity index (χ0n) is 15.8. The maximum Gasteiger partial charge on any atom is 0.230 e. The molecule has 2 atom stereocenters. The molecule has 4 rings (SSSR count). The Bertz CT molecular complexity index is 917. The number of carbonyl (C=O) groups is 1. The number of carbonyl (C=O) groups excluding carboxylic acids is 1. The van der Waals surface area contributed by atoms with Crippen molar-refractivity contribution >= 4 is 28.1 Å². The van der Waals surface area contributed by atoms with Gasteiger partial charge in [-0.15, -0.1) is 11.3 Å². The summed E-state index contributed by atoms with van der Waals surface area (Å²) in [4.78, 5) is 20.3. The lowest BCUT2D eigenvalue weighted by Crippen LogP contribution is -3.09. The van der Waals surface area contributed by atoms with Crippen molar-refractivity contribution in [1.82, 2.24) is 9.55 Å². The van der Waals surface area contributed by atoms with Gasteiger partial charge in [0.05, 0.1) is 17.9 Å². The number of anilines is 2. The third-order valence-corrected chi connectivity index (χ3v) is 6.17. The Labute approximate surface area is 163 Å². The summed E-state index contributed by atoms with van der Waals surface area (Å²) in [6.45, 7) is 3.65. The lowest BCUT2D eigenvalue weighted by atomic mass is 10.1. The topological polar surface area (TPSA) is 42.6 Å². The number of aryl methyl sites for hydroxylation is 1. The highest BCUT2D eigenvalue weighted by Crippen LogP contribution is 2.29. The number of hydrogen-bond donors (Lipinski definition) is 1. The van der Waals surface area contributed by atoms with Gasteiger partial charge in [0.25, 0.3) is 0 Å². The van der Waals surface area contributed by atoms with Gasteiger partial charge in [0.1, 0.15) is 18.3 Å². The molecule has 0 radical (unpaired) electrons. The monoisotopic (exact) mass is 381 g/mol. The molecule has 27 heavy (non-hydrogen) atoms. The molecular weight excluding hydrogens is 356 g/mol. The second-order valence-corrected chi connectivity index (χ2v) is 7.97. The molecule has 1 aromatic carbocycles. The van der Waals surface area contributed by atoms with Crippen molar-refractivity contribution in [1.29, 1.82) is 0 Å². The third kappa shape index (κ3) is 3.68. The molecule has 1 aliphatic heterocycles. The third-order valence-electron chi connectivity index (χ3n) is 5.29. The van der Waals surface area contributed by atoms with Crippen LogP contribution < -0.4 is 9.80 Å². The van der Waals surface area contributed by atoms with Gasteiger partial charge in [-0.3, -0.25) is 9.69 Å². The summed E-state index contributed by atoms with van der Waals surface area (Å²) in [7, 11) is 2.12. The minimum absolute atomic E-state index is 0.0164. The van der Waals surface area contributed by atoms with Crippen molar-refractivity contribution in [3.8, 4) is 0 Å². The SMILES string of the molecule is CC(=O)N(c1ccccc1)c1nc(C[NH+]2CCC[C@@H]2c2cccn2C)cs1. The Balaban J connectivity index is 1.54. The van der Waals surface area contributed by atoms with E-state index < -0.39 is 0 Å². The first-order chi connectivity index (χ1) is 13.1. The summed E-state index contributed by atoms with van der Waals surface area (Å²) in [6.07, 6.45) is 4.58. The molecule has 0 bridgehead atoms. The average Bonchev–Trinajstić information content (AvgIpc) is 3.38. The standard InChI is InChI=1S/C21H24N4OS/c1-16(26)25(18-8-4-3-5-9-18)21-22-17(15-27-21)14-24-13-7-11-20(24)19-10-6-12-23(19)2/h3-6,8-10,12,15,20H,7,11,13-14H2,1-2H3/p+1/t20-/m1/s1. The van der Waals surface area contributed by atoms with Gasteiger partial charge in [-0.1, -0.05) is 18.2 Å². The molecule has 3 aromatic rings. The summed E-state index contributed by atoms with van der Waals surface area (Å²) < 4.78 is 2.23. The van der Waals surface area contributed by atoms with Crippen LogP contribution in [0.25, 0.3) is 0 Å². The number of quaternary nitrogens is 1. The molecule has 1 fully saturated rings. The van der Waals surface area contributed by atoms with Gasteiger partial charge >= 0.3 is 0 Å². The minimum Gasteiger partial charge on any atom is -0.350 e. The summed E-state index contributed by atoms with van der Waals surface area (Å²) in [5.74, 6) is -0.0164. The first-order valence-electron chi connectivity index (χ1n) is 9.39. The first kappa shape index (κ1) is 17.9. The molecule has 2 aromatic heterocycles.